The zero-order chi connectivity index (χ0) is 33.3. The average molecular weight is 653 g/mol. The summed E-state index contributed by atoms with van der Waals surface area (Å²) in [6.07, 6.45) is 15.4. The van der Waals surface area contributed by atoms with Gasteiger partial charge in [0, 0.05) is 13.0 Å². The van der Waals surface area contributed by atoms with Gasteiger partial charge in [-0.2, -0.15) is 0 Å². The first-order chi connectivity index (χ1) is 20.8. The van der Waals surface area contributed by atoms with E-state index in [9.17, 15) is 19.0 Å². The third-order valence-corrected chi connectivity index (χ3v) is 7.89. The van der Waals surface area contributed by atoms with E-state index in [4.69, 9.17) is 35.7 Å². The fourth-order valence-electron chi connectivity index (χ4n) is 4.19. The highest BCUT2D eigenvalue weighted by Gasteiger charge is 2.28. The number of aliphatic imine (C=N–C) groups is 1. The number of ether oxygens (including phenoxy) is 2. The molecule has 260 valence electrons. The van der Waals surface area contributed by atoms with Gasteiger partial charge in [0.25, 0.3) is 0 Å². The Morgan fingerprint density at radius 3 is 1.91 bits per heavy atom. The van der Waals surface area contributed by atoms with Crippen LogP contribution >= 0.6 is 7.82 Å². The Labute approximate surface area is 265 Å². The summed E-state index contributed by atoms with van der Waals surface area (Å²) in [6, 6.07) is -0.991. The van der Waals surface area contributed by atoms with Crippen LogP contribution in [0, 0.1) is 0 Å². The van der Waals surface area contributed by atoms with Crippen molar-refractivity contribution in [1.29, 1.82) is 0 Å². The summed E-state index contributed by atoms with van der Waals surface area (Å²) in [7, 11) is 1.30. The average Bonchev–Trinajstić information content (AvgIpc) is 2.93. The van der Waals surface area contributed by atoms with Crippen LogP contribution in [0.3, 0.4) is 0 Å². The van der Waals surface area contributed by atoms with Crippen molar-refractivity contribution >= 4 is 25.7 Å². The Balaban J connectivity index is 4.54. The zero-order valence-corrected chi connectivity index (χ0v) is 28.8. The minimum atomic E-state index is -4.43. The molecule has 3 atom stereocenters. The summed E-state index contributed by atoms with van der Waals surface area (Å²) in [5.74, 6) is -1.27. The van der Waals surface area contributed by atoms with Gasteiger partial charge in [0.2, 0.25) is 0 Å². The van der Waals surface area contributed by atoms with Crippen LogP contribution in [-0.4, -0.2) is 93.5 Å². The predicted octanol–water partition coefficient (Wildman–Crippen LogP) is 4.14. The second-order valence-electron chi connectivity index (χ2n) is 12.4. The van der Waals surface area contributed by atoms with E-state index < -0.39 is 38.5 Å². The standard InChI is InChI=1S/C30H62N5O8P/c1-5-6-7-8-9-10-11-12-13-14-15-16-17-20-28(36)40-24-26(25-42-44(38,39)41-23-22-35(2,3)4)43-29(37)27(31)19-18-21-34-30(32)33/h26-27H,5-25,31H2,1-4H3,(H4-,32,33,34,38,39)/p+1. The summed E-state index contributed by atoms with van der Waals surface area (Å²) in [5, 5.41) is 0. The van der Waals surface area contributed by atoms with Gasteiger partial charge in [-0.15, -0.1) is 0 Å². The first-order valence-electron chi connectivity index (χ1n) is 16.3. The zero-order valence-electron chi connectivity index (χ0n) is 27.9. The van der Waals surface area contributed by atoms with Crippen LogP contribution in [0.2, 0.25) is 0 Å². The van der Waals surface area contributed by atoms with Crippen molar-refractivity contribution in [1.82, 2.24) is 0 Å². The molecule has 0 aromatic rings. The van der Waals surface area contributed by atoms with Gasteiger partial charge in [-0.1, -0.05) is 84.0 Å². The van der Waals surface area contributed by atoms with Crippen molar-refractivity contribution in [3.05, 3.63) is 0 Å². The van der Waals surface area contributed by atoms with Crippen LogP contribution in [0.15, 0.2) is 4.99 Å². The number of esters is 2. The SMILES string of the molecule is CCCCCCCCCCCCCCCC(=O)OCC(COP(=O)(O)OCC[N+](C)(C)C)OC(=O)C(N)CCCN=C(N)N. The number of phosphoric acid groups is 1. The molecule has 0 radical (unpaired) electrons. The summed E-state index contributed by atoms with van der Waals surface area (Å²) >= 11 is 0. The molecule has 0 bridgehead atoms. The van der Waals surface area contributed by atoms with Gasteiger partial charge >= 0.3 is 19.8 Å². The Kier molecular flexibility index (Phi) is 24.4. The van der Waals surface area contributed by atoms with Gasteiger partial charge in [0.05, 0.1) is 27.7 Å². The maximum atomic E-state index is 12.5. The Morgan fingerprint density at radius 2 is 1.39 bits per heavy atom. The molecule has 0 amide bonds. The Morgan fingerprint density at radius 1 is 0.841 bits per heavy atom. The van der Waals surface area contributed by atoms with Crippen LogP contribution in [0.4, 0.5) is 0 Å². The predicted molar refractivity (Wildman–Crippen MR) is 174 cm³/mol. The normalized spacial score (nSPS) is 14.4. The van der Waals surface area contributed by atoms with Gasteiger partial charge in [0.1, 0.15) is 25.8 Å². The minimum Gasteiger partial charge on any atom is -0.462 e. The van der Waals surface area contributed by atoms with Crippen molar-refractivity contribution in [3.8, 4) is 0 Å². The molecule has 3 unspecified atom stereocenters. The number of carbonyl (C=O) groups is 2. The molecule has 0 rings (SSSR count). The number of hydrogen-bond acceptors (Lipinski definition) is 9. The monoisotopic (exact) mass is 652 g/mol. The second kappa shape index (κ2) is 25.4. The maximum Gasteiger partial charge on any atom is 0.472 e. The number of likely N-dealkylation sites (N-methyl/N-ethyl adjacent to an activating group) is 1. The van der Waals surface area contributed by atoms with E-state index in [0.29, 0.717) is 30.4 Å². The molecular weight excluding hydrogens is 589 g/mol. The quantitative estimate of drug-likeness (QED) is 0.0226. The van der Waals surface area contributed by atoms with Gasteiger partial charge in [-0.25, -0.2) is 4.57 Å². The van der Waals surface area contributed by atoms with E-state index >= 15 is 0 Å². The fraction of sp³-hybridized carbons (Fsp3) is 0.900. The first kappa shape index (κ1) is 42.2. The van der Waals surface area contributed by atoms with Crippen molar-refractivity contribution in [2.45, 2.75) is 122 Å². The summed E-state index contributed by atoms with van der Waals surface area (Å²) in [6.45, 7) is 2.12. The molecule has 13 nitrogen and oxygen atoms in total. The summed E-state index contributed by atoms with van der Waals surface area (Å²) in [5.41, 5.74) is 16.5. The van der Waals surface area contributed by atoms with Crippen LogP contribution in [0.25, 0.3) is 0 Å². The van der Waals surface area contributed by atoms with Crippen molar-refractivity contribution in [2.24, 2.45) is 22.2 Å². The van der Waals surface area contributed by atoms with Crippen LogP contribution < -0.4 is 17.2 Å². The third kappa shape index (κ3) is 27.8. The number of hydrogen-bond donors (Lipinski definition) is 4. The van der Waals surface area contributed by atoms with E-state index in [-0.39, 0.29) is 32.0 Å². The lowest BCUT2D eigenvalue weighted by molar-refractivity contribution is -0.870. The maximum absolute atomic E-state index is 12.5. The molecule has 44 heavy (non-hydrogen) atoms. The number of nitrogens with zero attached hydrogens (tertiary/aromatic N) is 2. The number of quaternary nitrogens is 1. The van der Waals surface area contributed by atoms with Gasteiger partial charge < -0.3 is 36.1 Å². The molecular formula is C30H63N5O8P+. The lowest BCUT2D eigenvalue weighted by Gasteiger charge is -2.24. The lowest BCUT2D eigenvalue weighted by Crippen LogP contribution is -2.38. The van der Waals surface area contributed by atoms with E-state index in [0.717, 1.165) is 19.3 Å². The molecule has 14 heteroatoms. The Bertz CT molecular complexity index is 837. The van der Waals surface area contributed by atoms with Crippen LogP contribution in [-0.2, 0) is 32.7 Å². The molecule has 0 heterocycles. The summed E-state index contributed by atoms with van der Waals surface area (Å²) in [4.78, 5) is 38.8. The molecule has 0 saturated carbocycles. The molecule has 7 N–H and O–H groups in total. The van der Waals surface area contributed by atoms with E-state index in [1.165, 1.54) is 57.8 Å². The number of guanidine groups is 1. The third-order valence-electron chi connectivity index (χ3n) is 6.91. The Hall–Kier alpha value is -1.76. The number of carbonyl (C=O) groups excluding carboxylic acids is 2. The highest BCUT2D eigenvalue weighted by Crippen LogP contribution is 2.43. The second-order valence-corrected chi connectivity index (χ2v) is 13.9. The number of phosphoric ester groups is 1. The number of unbranched alkanes of at least 4 members (excludes halogenated alkanes) is 12. The smallest absolute Gasteiger partial charge is 0.462 e. The molecule has 0 aliphatic carbocycles. The van der Waals surface area contributed by atoms with Crippen molar-refractivity contribution in [2.75, 3.05) is 54.1 Å². The lowest BCUT2D eigenvalue weighted by atomic mass is 10.0. The molecule has 0 aliphatic heterocycles. The topological polar surface area (TPSA) is 199 Å². The van der Waals surface area contributed by atoms with E-state index in [1.807, 2.05) is 21.1 Å². The molecule has 0 aromatic heterocycles. The van der Waals surface area contributed by atoms with Crippen molar-refractivity contribution < 1.29 is 42.1 Å². The van der Waals surface area contributed by atoms with E-state index in [1.54, 1.807) is 0 Å². The summed E-state index contributed by atoms with van der Waals surface area (Å²) < 4.78 is 33.6. The number of nitrogens with two attached hydrogens (primary N) is 3. The van der Waals surface area contributed by atoms with Gasteiger partial charge in [-0.05, 0) is 19.3 Å². The molecule has 0 spiro atoms. The minimum absolute atomic E-state index is 0.0173. The van der Waals surface area contributed by atoms with Gasteiger partial charge in [0.15, 0.2) is 12.1 Å². The first-order valence-corrected chi connectivity index (χ1v) is 17.8. The molecule has 0 fully saturated rings. The van der Waals surface area contributed by atoms with Crippen molar-refractivity contribution in [3.63, 3.8) is 0 Å². The fourth-order valence-corrected chi connectivity index (χ4v) is 4.94. The number of rotatable bonds is 29. The molecule has 0 aromatic carbocycles. The van der Waals surface area contributed by atoms with Crippen LogP contribution in [0.5, 0.6) is 0 Å². The highest BCUT2D eigenvalue weighted by molar-refractivity contribution is 7.47. The van der Waals surface area contributed by atoms with Gasteiger partial charge in [-0.3, -0.25) is 23.6 Å². The van der Waals surface area contributed by atoms with E-state index in [2.05, 4.69) is 11.9 Å². The largest absolute Gasteiger partial charge is 0.472 e. The molecule has 0 aliphatic rings. The molecule has 0 saturated heterocycles. The van der Waals surface area contributed by atoms with Crippen LogP contribution in [0.1, 0.15) is 110 Å². The highest BCUT2D eigenvalue weighted by atomic mass is 31.2.